The van der Waals surface area contributed by atoms with Crippen LogP contribution in [0.2, 0.25) is 0 Å². The van der Waals surface area contributed by atoms with E-state index < -0.39 is 0 Å². The normalized spacial score (nSPS) is 30.7. The number of thioether (sulfide) groups is 1. The molecule has 2 aliphatic heterocycles. The number of carbonyl (C=O) groups is 1. The van der Waals surface area contributed by atoms with Gasteiger partial charge in [-0.2, -0.15) is 11.8 Å². The molecule has 1 amide bonds. The summed E-state index contributed by atoms with van der Waals surface area (Å²) >= 11 is 1.93. The summed E-state index contributed by atoms with van der Waals surface area (Å²) in [6, 6.07) is 0. The Labute approximate surface area is 102 Å². The van der Waals surface area contributed by atoms with Gasteiger partial charge in [-0.3, -0.25) is 4.79 Å². The molecule has 2 fully saturated rings. The quantitative estimate of drug-likeness (QED) is 0.807. The van der Waals surface area contributed by atoms with Crippen molar-refractivity contribution in [3.8, 4) is 0 Å². The number of hydrogen-bond acceptors (Lipinski definition) is 3. The van der Waals surface area contributed by atoms with Gasteiger partial charge in [0, 0.05) is 24.8 Å². The van der Waals surface area contributed by atoms with Crippen LogP contribution in [0.4, 0.5) is 0 Å². The number of likely N-dealkylation sites (tertiary alicyclic amines) is 1. The van der Waals surface area contributed by atoms with Gasteiger partial charge in [-0.15, -0.1) is 0 Å². The maximum Gasteiger partial charge on any atom is 0.226 e. The lowest BCUT2D eigenvalue weighted by Gasteiger charge is -2.34. The van der Waals surface area contributed by atoms with Crippen molar-refractivity contribution in [3.63, 3.8) is 0 Å². The van der Waals surface area contributed by atoms with E-state index in [1.165, 1.54) is 18.6 Å². The van der Waals surface area contributed by atoms with Gasteiger partial charge in [0.05, 0.1) is 0 Å². The molecule has 0 spiro atoms. The van der Waals surface area contributed by atoms with Gasteiger partial charge in [-0.05, 0) is 44.5 Å². The molecule has 92 valence electrons. The molecule has 4 heteroatoms. The second-order valence-corrected chi connectivity index (χ2v) is 6.06. The lowest BCUT2D eigenvalue weighted by molar-refractivity contribution is -0.136. The molecule has 1 N–H and O–H groups in total. The van der Waals surface area contributed by atoms with Gasteiger partial charge in [0.25, 0.3) is 0 Å². The lowest BCUT2D eigenvalue weighted by Crippen LogP contribution is -2.45. The minimum absolute atomic E-state index is 0.318. The zero-order chi connectivity index (χ0) is 11.4. The van der Waals surface area contributed by atoms with E-state index in [0.717, 1.165) is 31.8 Å². The summed E-state index contributed by atoms with van der Waals surface area (Å²) in [6.07, 6.45) is 3.54. The monoisotopic (exact) mass is 242 g/mol. The van der Waals surface area contributed by atoms with Crippen molar-refractivity contribution in [2.75, 3.05) is 38.2 Å². The molecule has 0 aromatic rings. The summed E-state index contributed by atoms with van der Waals surface area (Å²) in [6.45, 7) is 3.00. The van der Waals surface area contributed by atoms with Crippen molar-refractivity contribution in [1.82, 2.24) is 10.2 Å². The summed E-state index contributed by atoms with van der Waals surface area (Å²) in [5, 5.41) is 3.22. The van der Waals surface area contributed by atoms with Crippen LogP contribution in [-0.2, 0) is 4.79 Å². The van der Waals surface area contributed by atoms with Gasteiger partial charge in [-0.25, -0.2) is 0 Å². The van der Waals surface area contributed by atoms with E-state index in [9.17, 15) is 4.79 Å². The zero-order valence-corrected chi connectivity index (χ0v) is 10.9. The smallest absolute Gasteiger partial charge is 0.226 e. The van der Waals surface area contributed by atoms with E-state index >= 15 is 0 Å². The Balaban J connectivity index is 1.85. The highest BCUT2D eigenvalue weighted by Crippen LogP contribution is 2.27. The number of amides is 1. The van der Waals surface area contributed by atoms with E-state index in [1.54, 1.807) is 0 Å². The number of carbonyl (C=O) groups excluding carboxylic acids is 1. The summed E-state index contributed by atoms with van der Waals surface area (Å²) in [5.74, 6) is 3.62. The highest BCUT2D eigenvalue weighted by Gasteiger charge is 2.30. The van der Waals surface area contributed by atoms with Crippen molar-refractivity contribution in [2.45, 2.75) is 19.3 Å². The van der Waals surface area contributed by atoms with Crippen molar-refractivity contribution in [2.24, 2.45) is 11.8 Å². The highest BCUT2D eigenvalue weighted by atomic mass is 32.2. The maximum absolute atomic E-state index is 12.2. The fraction of sp³-hybridized carbons (Fsp3) is 0.917. The Morgan fingerprint density at radius 3 is 3.06 bits per heavy atom. The zero-order valence-electron chi connectivity index (χ0n) is 10.1. The fourth-order valence-electron chi connectivity index (χ4n) is 2.71. The summed E-state index contributed by atoms with van der Waals surface area (Å²) < 4.78 is 0. The van der Waals surface area contributed by atoms with Crippen LogP contribution in [0.15, 0.2) is 0 Å². The number of piperidine rings is 1. The Morgan fingerprint density at radius 2 is 2.38 bits per heavy atom. The molecule has 0 aliphatic carbocycles. The first-order chi connectivity index (χ1) is 7.81. The van der Waals surface area contributed by atoms with Crippen LogP contribution in [-0.4, -0.2) is 49.0 Å². The van der Waals surface area contributed by atoms with E-state index in [4.69, 9.17) is 0 Å². The molecule has 0 bridgehead atoms. The van der Waals surface area contributed by atoms with Gasteiger partial charge >= 0.3 is 0 Å². The summed E-state index contributed by atoms with van der Waals surface area (Å²) in [4.78, 5) is 14.4. The third-order valence-electron chi connectivity index (χ3n) is 3.60. The van der Waals surface area contributed by atoms with E-state index in [2.05, 4.69) is 10.2 Å². The fourth-order valence-corrected chi connectivity index (χ4v) is 3.92. The van der Waals surface area contributed by atoms with Crippen molar-refractivity contribution in [1.29, 1.82) is 0 Å². The molecular weight excluding hydrogens is 220 g/mol. The van der Waals surface area contributed by atoms with Gasteiger partial charge in [-0.1, -0.05) is 0 Å². The molecule has 0 saturated carbocycles. The number of nitrogens with one attached hydrogen (secondary N) is 1. The molecule has 2 unspecified atom stereocenters. The van der Waals surface area contributed by atoms with Crippen molar-refractivity contribution in [3.05, 3.63) is 0 Å². The second kappa shape index (κ2) is 5.92. The van der Waals surface area contributed by atoms with Crippen LogP contribution in [0.25, 0.3) is 0 Å². The number of rotatable bonds is 3. The molecule has 2 aliphatic rings. The Kier molecular flexibility index (Phi) is 4.53. The van der Waals surface area contributed by atoms with E-state index in [1.807, 2.05) is 18.8 Å². The number of hydrogen-bond donors (Lipinski definition) is 1. The average Bonchev–Trinajstić information content (AvgIpc) is 2.82. The van der Waals surface area contributed by atoms with Gasteiger partial charge < -0.3 is 10.2 Å². The standard InChI is InChI=1S/C12H22N2OS/c1-13-7-10-3-2-5-14(8-10)12(15)11-4-6-16-9-11/h10-11,13H,2-9H2,1H3. The topological polar surface area (TPSA) is 32.3 Å². The van der Waals surface area contributed by atoms with Gasteiger partial charge in [0.2, 0.25) is 5.91 Å². The van der Waals surface area contributed by atoms with Crippen molar-refractivity contribution < 1.29 is 4.79 Å². The van der Waals surface area contributed by atoms with Gasteiger partial charge in [0.15, 0.2) is 0 Å². The minimum atomic E-state index is 0.318. The average molecular weight is 242 g/mol. The third kappa shape index (κ3) is 2.92. The molecule has 2 atom stereocenters. The molecule has 2 rings (SSSR count). The Bertz CT molecular complexity index is 239. The largest absolute Gasteiger partial charge is 0.342 e. The Hall–Kier alpha value is -0.220. The SMILES string of the molecule is CNCC1CCCN(C(=O)C2CCSC2)C1. The molecule has 2 heterocycles. The van der Waals surface area contributed by atoms with Crippen molar-refractivity contribution >= 4 is 17.7 Å². The first-order valence-electron chi connectivity index (χ1n) is 6.32. The maximum atomic E-state index is 12.2. The van der Waals surface area contributed by atoms with Crippen LogP contribution in [0.1, 0.15) is 19.3 Å². The summed E-state index contributed by atoms with van der Waals surface area (Å²) in [5.41, 5.74) is 0. The predicted octanol–water partition coefficient (Wildman–Crippen LogP) is 1.20. The molecule has 3 nitrogen and oxygen atoms in total. The molecule has 0 aromatic carbocycles. The first-order valence-corrected chi connectivity index (χ1v) is 7.48. The molecule has 2 saturated heterocycles. The minimum Gasteiger partial charge on any atom is -0.342 e. The molecule has 16 heavy (non-hydrogen) atoms. The molecule has 0 aromatic heterocycles. The summed E-state index contributed by atoms with van der Waals surface area (Å²) in [7, 11) is 1.99. The second-order valence-electron chi connectivity index (χ2n) is 4.91. The van der Waals surface area contributed by atoms with Crippen LogP contribution >= 0.6 is 11.8 Å². The van der Waals surface area contributed by atoms with Gasteiger partial charge in [0.1, 0.15) is 0 Å². The van der Waals surface area contributed by atoms with Crippen LogP contribution in [0.3, 0.4) is 0 Å². The van der Waals surface area contributed by atoms with Crippen LogP contribution in [0.5, 0.6) is 0 Å². The third-order valence-corrected chi connectivity index (χ3v) is 4.76. The lowest BCUT2D eigenvalue weighted by atomic mass is 9.96. The number of nitrogens with zero attached hydrogens (tertiary/aromatic N) is 1. The van der Waals surface area contributed by atoms with Crippen LogP contribution in [0, 0.1) is 11.8 Å². The molecule has 0 radical (unpaired) electrons. The highest BCUT2D eigenvalue weighted by molar-refractivity contribution is 7.99. The van der Waals surface area contributed by atoms with Crippen LogP contribution < -0.4 is 5.32 Å². The Morgan fingerprint density at radius 1 is 1.50 bits per heavy atom. The molecular formula is C12H22N2OS. The van der Waals surface area contributed by atoms with E-state index in [-0.39, 0.29) is 0 Å². The van der Waals surface area contributed by atoms with E-state index in [0.29, 0.717) is 17.7 Å². The predicted molar refractivity (Wildman–Crippen MR) is 68.7 cm³/mol. The first kappa shape index (κ1) is 12.2.